The molecule has 0 amide bonds. The third-order valence-electron chi connectivity index (χ3n) is 1.75. The number of fused-ring (bicyclic) bond motifs is 1. The Bertz CT molecular complexity index is 646. The Hall–Kier alpha value is -1.96. The zero-order chi connectivity index (χ0) is 11.8. The Balaban J connectivity index is 2.45. The molecule has 1 N–H and O–H groups in total. The van der Waals surface area contributed by atoms with Crippen molar-refractivity contribution in [3.8, 4) is 0 Å². The smallest absolute Gasteiger partial charge is 0.344 e. The summed E-state index contributed by atoms with van der Waals surface area (Å²) in [5.74, 6) is -0.978. The van der Waals surface area contributed by atoms with Gasteiger partial charge in [-0.3, -0.25) is 4.98 Å². The van der Waals surface area contributed by atoms with E-state index in [2.05, 4.69) is 19.1 Å². The molecule has 2 heterocycles. The third-order valence-corrected chi connectivity index (χ3v) is 2.21. The number of nitrogens with zero attached hydrogens (tertiary/aromatic N) is 2. The summed E-state index contributed by atoms with van der Waals surface area (Å²) < 4.78 is 25.8. The first-order valence-corrected chi connectivity index (χ1v) is 6.01. The van der Waals surface area contributed by atoms with Crippen LogP contribution in [0.5, 0.6) is 0 Å². The van der Waals surface area contributed by atoms with Gasteiger partial charge in [-0.25, -0.2) is 9.78 Å². The third kappa shape index (κ3) is 2.01. The molecule has 0 radical (unpaired) electrons. The molecule has 2 rings (SSSR count). The molecule has 0 spiro atoms. The summed E-state index contributed by atoms with van der Waals surface area (Å²) in [4.78, 5) is 21.9. The maximum atomic E-state index is 11.4. The van der Waals surface area contributed by atoms with Crippen molar-refractivity contribution in [3.05, 3.63) is 24.2 Å². The van der Waals surface area contributed by atoms with Crippen LogP contribution in [-0.4, -0.2) is 35.6 Å². The Labute approximate surface area is 90.6 Å². The Morgan fingerprint density at radius 3 is 2.75 bits per heavy atom. The molecule has 8 heteroatoms. The van der Waals surface area contributed by atoms with Crippen LogP contribution in [0.4, 0.5) is 0 Å². The van der Waals surface area contributed by atoms with E-state index in [0.29, 0.717) is 5.65 Å². The van der Waals surface area contributed by atoms with Crippen LogP contribution in [0, 0.1) is 0 Å². The normalized spacial score (nSPS) is 11.6. The molecule has 0 atom stereocenters. The van der Waals surface area contributed by atoms with Gasteiger partial charge in [0, 0.05) is 18.6 Å². The van der Waals surface area contributed by atoms with Gasteiger partial charge in [0.05, 0.1) is 6.26 Å². The summed E-state index contributed by atoms with van der Waals surface area (Å²) in [5.41, 5.74) is 0.702. The first-order valence-electron chi connectivity index (χ1n) is 4.19. The van der Waals surface area contributed by atoms with Crippen molar-refractivity contribution in [3.63, 3.8) is 0 Å². The summed E-state index contributed by atoms with van der Waals surface area (Å²) >= 11 is 0. The van der Waals surface area contributed by atoms with Crippen molar-refractivity contribution < 1.29 is 17.4 Å². The van der Waals surface area contributed by atoms with Gasteiger partial charge in [0.2, 0.25) is 0 Å². The van der Waals surface area contributed by atoms with Crippen molar-refractivity contribution >= 4 is 27.3 Å². The van der Waals surface area contributed by atoms with Gasteiger partial charge in [0.25, 0.3) is 0 Å². The van der Waals surface area contributed by atoms with Crippen LogP contribution in [0.2, 0.25) is 0 Å². The van der Waals surface area contributed by atoms with E-state index in [9.17, 15) is 13.2 Å². The van der Waals surface area contributed by atoms with Crippen LogP contribution >= 0.6 is 0 Å². The molecule has 0 aromatic carbocycles. The van der Waals surface area contributed by atoms with Gasteiger partial charge in [-0.05, 0) is 0 Å². The van der Waals surface area contributed by atoms with E-state index in [1.54, 1.807) is 0 Å². The zero-order valence-corrected chi connectivity index (χ0v) is 8.98. The summed E-state index contributed by atoms with van der Waals surface area (Å²) in [6, 6.07) is 0. The maximum Gasteiger partial charge on any atom is 0.357 e. The molecule has 0 bridgehead atoms. The van der Waals surface area contributed by atoms with Crippen LogP contribution in [0.25, 0.3) is 11.2 Å². The zero-order valence-electron chi connectivity index (χ0n) is 8.17. The number of aromatic nitrogens is 3. The average Bonchev–Trinajstić information content (AvgIpc) is 2.58. The Morgan fingerprint density at radius 1 is 1.38 bits per heavy atom. The van der Waals surface area contributed by atoms with Crippen molar-refractivity contribution in [2.75, 3.05) is 6.26 Å². The molecule has 0 aliphatic carbocycles. The van der Waals surface area contributed by atoms with Crippen molar-refractivity contribution in [2.24, 2.45) is 0 Å². The topological polar surface area (TPSA) is 102 Å². The minimum Gasteiger partial charge on any atom is -0.344 e. The Morgan fingerprint density at radius 2 is 2.06 bits per heavy atom. The fourth-order valence-corrected chi connectivity index (χ4v) is 1.55. The van der Waals surface area contributed by atoms with Gasteiger partial charge in [0.1, 0.15) is 11.1 Å². The molecule has 0 unspecified atom stereocenters. The van der Waals surface area contributed by atoms with E-state index in [1.165, 1.54) is 18.6 Å². The van der Waals surface area contributed by atoms with E-state index in [1.807, 2.05) is 0 Å². The highest BCUT2D eigenvalue weighted by molar-refractivity contribution is 7.86. The van der Waals surface area contributed by atoms with Crippen LogP contribution in [0.15, 0.2) is 18.6 Å². The van der Waals surface area contributed by atoms with Crippen LogP contribution < -0.4 is 0 Å². The molecule has 84 valence electrons. The summed E-state index contributed by atoms with van der Waals surface area (Å²) in [7, 11) is -3.83. The van der Waals surface area contributed by atoms with Crippen LogP contribution in [-0.2, 0) is 14.3 Å². The number of aromatic amines is 1. The standard InChI is InChI=1S/C8H7N3O4S/c1-16(13,14)15-8(12)5-4-11-7-6(5)9-2-3-10-7/h2-4H,1H3,(H,10,11). The second-order valence-electron chi connectivity index (χ2n) is 3.03. The average molecular weight is 241 g/mol. The molecule has 0 saturated carbocycles. The SMILES string of the molecule is CS(=O)(=O)OC(=O)c1c[nH]c2nccnc12. The minimum atomic E-state index is -3.83. The number of H-pyrrole nitrogens is 1. The lowest BCUT2D eigenvalue weighted by atomic mass is 10.3. The van der Waals surface area contributed by atoms with E-state index in [-0.39, 0.29) is 11.1 Å². The summed E-state index contributed by atoms with van der Waals surface area (Å²) in [6.07, 6.45) is 4.95. The van der Waals surface area contributed by atoms with Crippen molar-refractivity contribution in [1.82, 2.24) is 15.0 Å². The highest BCUT2D eigenvalue weighted by Crippen LogP contribution is 2.14. The molecule has 16 heavy (non-hydrogen) atoms. The number of carbonyl (C=O) groups excluding carboxylic acids is 1. The van der Waals surface area contributed by atoms with Gasteiger partial charge in [0.15, 0.2) is 5.65 Å². The number of rotatable bonds is 2. The summed E-state index contributed by atoms with van der Waals surface area (Å²) in [6.45, 7) is 0. The van der Waals surface area contributed by atoms with E-state index >= 15 is 0 Å². The monoisotopic (exact) mass is 241 g/mol. The van der Waals surface area contributed by atoms with Gasteiger partial charge in [-0.15, -0.1) is 0 Å². The predicted octanol–water partition coefficient (Wildman–Crippen LogP) is 0.0743. The molecule has 2 aromatic rings. The molecule has 0 fully saturated rings. The fraction of sp³-hybridized carbons (Fsp3) is 0.125. The summed E-state index contributed by atoms with van der Waals surface area (Å²) in [5, 5.41) is 0. The lowest BCUT2D eigenvalue weighted by Gasteiger charge is -1.98. The lowest BCUT2D eigenvalue weighted by Crippen LogP contribution is -2.11. The fourth-order valence-electron chi connectivity index (χ4n) is 1.19. The second-order valence-corrected chi connectivity index (χ2v) is 4.61. The maximum absolute atomic E-state index is 11.4. The van der Waals surface area contributed by atoms with E-state index < -0.39 is 16.1 Å². The molecule has 7 nitrogen and oxygen atoms in total. The first kappa shape index (κ1) is 10.6. The lowest BCUT2D eigenvalue weighted by molar-refractivity contribution is 0.0750. The minimum absolute atomic E-state index is 0.0357. The van der Waals surface area contributed by atoms with Crippen LogP contribution in [0.3, 0.4) is 0 Å². The van der Waals surface area contributed by atoms with Crippen LogP contribution in [0.1, 0.15) is 10.4 Å². The van der Waals surface area contributed by atoms with Gasteiger partial charge < -0.3 is 9.17 Å². The molecule has 0 aliphatic rings. The van der Waals surface area contributed by atoms with Crippen molar-refractivity contribution in [1.29, 1.82) is 0 Å². The number of carbonyl (C=O) groups is 1. The molecule has 2 aromatic heterocycles. The number of hydrogen-bond acceptors (Lipinski definition) is 6. The predicted molar refractivity (Wildman–Crippen MR) is 54.1 cm³/mol. The first-order chi connectivity index (χ1) is 7.47. The van der Waals surface area contributed by atoms with Gasteiger partial charge in [-0.2, -0.15) is 8.42 Å². The quantitative estimate of drug-likeness (QED) is 0.746. The second kappa shape index (κ2) is 3.56. The molecular weight excluding hydrogens is 234 g/mol. The van der Waals surface area contributed by atoms with Gasteiger partial charge in [-0.1, -0.05) is 0 Å². The highest BCUT2D eigenvalue weighted by Gasteiger charge is 2.18. The number of nitrogens with one attached hydrogen (secondary N) is 1. The highest BCUT2D eigenvalue weighted by atomic mass is 32.2. The van der Waals surface area contributed by atoms with E-state index in [4.69, 9.17) is 0 Å². The molecule has 0 saturated heterocycles. The number of hydrogen-bond donors (Lipinski definition) is 1. The largest absolute Gasteiger partial charge is 0.357 e. The Kier molecular flexibility index (Phi) is 2.35. The van der Waals surface area contributed by atoms with Crippen molar-refractivity contribution in [2.45, 2.75) is 0 Å². The van der Waals surface area contributed by atoms with E-state index in [0.717, 1.165) is 6.26 Å². The van der Waals surface area contributed by atoms with Gasteiger partial charge >= 0.3 is 16.1 Å². The molecular formula is C8H7N3O4S. The molecule has 0 aliphatic heterocycles.